The maximum Gasteiger partial charge on any atom is 0.238 e. The van der Waals surface area contributed by atoms with Crippen molar-refractivity contribution in [3.05, 3.63) is 52.0 Å². The van der Waals surface area contributed by atoms with E-state index in [2.05, 4.69) is 5.32 Å². The average Bonchev–Trinajstić information content (AvgIpc) is 2.58. The molecule has 7 heteroatoms. The summed E-state index contributed by atoms with van der Waals surface area (Å²) in [5, 5.41) is 3.72. The number of carbonyl (C=O) groups is 1. The Bertz CT molecular complexity index is 753. The van der Waals surface area contributed by atoms with Gasteiger partial charge < -0.3 is 14.8 Å². The van der Waals surface area contributed by atoms with E-state index in [1.807, 2.05) is 30.1 Å². The number of carbonyl (C=O) groups excluding carboxylic acids is 1. The number of ether oxygens (including phenoxy) is 2. The summed E-state index contributed by atoms with van der Waals surface area (Å²) in [5.41, 5.74) is 1.45. The predicted octanol–water partition coefficient (Wildman–Crippen LogP) is 4.08. The van der Waals surface area contributed by atoms with Crippen LogP contribution in [0.25, 0.3) is 0 Å². The van der Waals surface area contributed by atoms with Crippen molar-refractivity contribution in [3.63, 3.8) is 0 Å². The van der Waals surface area contributed by atoms with Crippen molar-refractivity contribution in [1.29, 1.82) is 0 Å². The number of hydrogen-bond acceptors (Lipinski definition) is 4. The second-order valence-electron chi connectivity index (χ2n) is 5.52. The fraction of sp³-hybridized carbons (Fsp3) is 0.278. The van der Waals surface area contributed by atoms with E-state index in [0.29, 0.717) is 28.0 Å². The normalized spacial score (nSPS) is 10.6. The Labute approximate surface area is 157 Å². The topological polar surface area (TPSA) is 50.8 Å². The second-order valence-corrected chi connectivity index (χ2v) is 6.37. The Morgan fingerprint density at radius 1 is 1.12 bits per heavy atom. The van der Waals surface area contributed by atoms with Crippen LogP contribution in [0.5, 0.6) is 11.5 Å². The van der Waals surface area contributed by atoms with Crippen LogP contribution in [-0.4, -0.2) is 38.6 Å². The molecule has 0 spiro atoms. The lowest BCUT2D eigenvalue weighted by atomic mass is 10.2. The molecular weight excluding hydrogens is 363 g/mol. The lowest BCUT2D eigenvalue weighted by molar-refractivity contribution is -0.117. The molecule has 0 bridgehead atoms. The predicted molar refractivity (Wildman–Crippen MR) is 101 cm³/mol. The standard InChI is InChI=1S/C18H20Cl2N2O3/c1-22(10-12-4-6-14(24-2)9-17(12)25-3)11-18(23)21-16-8-13(19)5-7-15(16)20/h4-9H,10-11H2,1-3H3,(H,21,23). The minimum absolute atomic E-state index is 0.181. The van der Waals surface area contributed by atoms with Crippen molar-refractivity contribution in [3.8, 4) is 11.5 Å². The largest absolute Gasteiger partial charge is 0.497 e. The summed E-state index contributed by atoms with van der Waals surface area (Å²) in [5.74, 6) is 1.25. The zero-order chi connectivity index (χ0) is 18.4. The van der Waals surface area contributed by atoms with Crippen LogP contribution in [0.15, 0.2) is 36.4 Å². The van der Waals surface area contributed by atoms with E-state index in [1.165, 1.54) is 0 Å². The van der Waals surface area contributed by atoms with Crippen molar-refractivity contribution in [1.82, 2.24) is 4.90 Å². The number of nitrogens with one attached hydrogen (secondary N) is 1. The van der Waals surface area contributed by atoms with Crippen LogP contribution in [0.4, 0.5) is 5.69 Å². The van der Waals surface area contributed by atoms with Gasteiger partial charge in [-0.25, -0.2) is 0 Å². The molecule has 0 saturated carbocycles. The number of hydrogen-bond donors (Lipinski definition) is 1. The van der Waals surface area contributed by atoms with Gasteiger partial charge in [-0.15, -0.1) is 0 Å². The van der Waals surface area contributed by atoms with Crippen LogP contribution in [0, 0.1) is 0 Å². The number of rotatable bonds is 7. The summed E-state index contributed by atoms with van der Waals surface area (Å²) in [6, 6.07) is 10.5. The SMILES string of the molecule is COc1ccc(CN(C)CC(=O)Nc2cc(Cl)ccc2Cl)c(OC)c1. The molecule has 2 aromatic carbocycles. The van der Waals surface area contributed by atoms with Crippen molar-refractivity contribution in [2.45, 2.75) is 6.54 Å². The van der Waals surface area contributed by atoms with Gasteiger partial charge in [0.05, 0.1) is 31.5 Å². The van der Waals surface area contributed by atoms with Crippen LogP contribution in [0.2, 0.25) is 10.0 Å². The fourth-order valence-electron chi connectivity index (χ4n) is 2.36. The highest BCUT2D eigenvalue weighted by atomic mass is 35.5. The molecule has 1 N–H and O–H groups in total. The Morgan fingerprint density at radius 3 is 2.56 bits per heavy atom. The van der Waals surface area contributed by atoms with Crippen molar-refractivity contribution < 1.29 is 14.3 Å². The Balaban J connectivity index is 1.99. The van der Waals surface area contributed by atoms with Crippen LogP contribution in [-0.2, 0) is 11.3 Å². The van der Waals surface area contributed by atoms with E-state index in [9.17, 15) is 4.79 Å². The first-order valence-electron chi connectivity index (χ1n) is 7.57. The highest BCUT2D eigenvalue weighted by Gasteiger charge is 2.12. The monoisotopic (exact) mass is 382 g/mol. The summed E-state index contributed by atoms with van der Waals surface area (Å²) in [6.07, 6.45) is 0. The van der Waals surface area contributed by atoms with Gasteiger partial charge in [-0.2, -0.15) is 0 Å². The molecule has 0 saturated heterocycles. The molecule has 2 aromatic rings. The Morgan fingerprint density at radius 2 is 1.88 bits per heavy atom. The maximum atomic E-state index is 12.2. The van der Waals surface area contributed by atoms with Gasteiger partial charge in [-0.3, -0.25) is 9.69 Å². The van der Waals surface area contributed by atoms with Crippen molar-refractivity contribution in [2.24, 2.45) is 0 Å². The minimum atomic E-state index is -0.181. The van der Waals surface area contributed by atoms with Crippen LogP contribution in [0.1, 0.15) is 5.56 Å². The molecule has 0 aliphatic heterocycles. The number of anilines is 1. The Kier molecular flexibility index (Phi) is 6.93. The smallest absolute Gasteiger partial charge is 0.238 e. The molecule has 25 heavy (non-hydrogen) atoms. The zero-order valence-electron chi connectivity index (χ0n) is 14.3. The molecule has 0 radical (unpaired) electrons. The molecule has 0 aliphatic rings. The minimum Gasteiger partial charge on any atom is -0.497 e. The Hall–Kier alpha value is -1.95. The van der Waals surface area contributed by atoms with E-state index < -0.39 is 0 Å². The first-order valence-corrected chi connectivity index (χ1v) is 8.33. The highest BCUT2D eigenvalue weighted by molar-refractivity contribution is 6.35. The molecule has 134 valence electrons. The zero-order valence-corrected chi connectivity index (χ0v) is 15.8. The van der Waals surface area contributed by atoms with Gasteiger partial charge >= 0.3 is 0 Å². The molecule has 2 rings (SSSR count). The molecule has 0 aliphatic carbocycles. The van der Waals surface area contributed by atoms with Gasteiger partial charge in [0.25, 0.3) is 0 Å². The molecule has 0 atom stereocenters. The molecule has 0 unspecified atom stereocenters. The summed E-state index contributed by atoms with van der Waals surface area (Å²) in [7, 11) is 5.06. The van der Waals surface area contributed by atoms with Crippen LogP contribution in [0.3, 0.4) is 0 Å². The second kappa shape index (κ2) is 8.94. The lowest BCUT2D eigenvalue weighted by Gasteiger charge is -2.18. The summed E-state index contributed by atoms with van der Waals surface area (Å²) < 4.78 is 10.6. The number of benzene rings is 2. The fourth-order valence-corrected chi connectivity index (χ4v) is 2.69. The van der Waals surface area contributed by atoms with Crippen molar-refractivity contribution in [2.75, 3.05) is 33.1 Å². The van der Waals surface area contributed by atoms with E-state index in [-0.39, 0.29) is 12.5 Å². The molecular formula is C18H20Cl2N2O3. The van der Waals surface area contributed by atoms with Crippen LogP contribution < -0.4 is 14.8 Å². The summed E-state index contributed by atoms with van der Waals surface area (Å²) in [6.45, 7) is 0.738. The van der Waals surface area contributed by atoms with Gasteiger partial charge in [0.1, 0.15) is 11.5 Å². The quantitative estimate of drug-likeness (QED) is 0.783. The number of likely N-dealkylation sites (N-methyl/N-ethyl adjacent to an activating group) is 1. The van der Waals surface area contributed by atoms with E-state index in [0.717, 1.165) is 11.3 Å². The summed E-state index contributed by atoms with van der Waals surface area (Å²) >= 11 is 12.0. The van der Waals surface area contributed by atoms with Gasteiger partial charge in [0, 0.05) is 23.2 Å². The van der Waals surface area contributed by atoms with E-state index in [4.69, 9.17) is 32.7 Å². The third kappa shape index (κ3) is 5.53. The number of halogens is 2. The highest BCUT2D eigenvalue weighted by Crippen LogP contribution is 2.26. The van der Waals surface area contributed by atoms with Gasteiger partial charge in [0.2, 0.25) is 5.91 Å². The summed E-state index contributed by atoms with van der Waals surface area (Å²) in [4.78, 5) is 14.1. The number of amides is 1. The molecule has 5 nitrogen and oxygen atoms in total. The van der Waals surface area contributed by atoms with Gasteiger partial charge in [-0.05, 0) is 31.3 Å². The molecule has 1 amide bonds. The first kappa shape index (κ1) is 19.4. The van der Waals surface area contributed by atoms with E-state index >= 15 is 0 Å². The van der Waals surface area contributed by atoms with E-state index in [1.54, 1.807) is 32.4 Å². The lowest BCUT2D eigenvalue weighted by Crippen LogP contribution is -2.30. The first-order chi connectivity index (χ1) is 11.9. The van der Waals surface area contributed by atoms with Gasteiger partial charge in [0.15, 0.2) is 0 Å². The average molecular weight is 383 g/mol. The third-order valence-electron chi connectivity index (χ3n) is 3.55. The molecule has 0 aromatic heterocycles. The maximum absolute atomic E-state index is 12.2. The van der Waals surface area contributed by atoms with Crippen molar-refractivity contribution >= 4 is 34.8 Å². The number of methoxy groups -OCH3 is 2. The van der Waals surface area contributed by atoms with Crippen LogP contribution >= 0.6 is 23.2 Å². The third-order valence-corrected chi connectivity index (χ3v) is 4.12. The number of nitrogens with zero attached hydrogens (tertiary/aromatic N) is 1. The molecule has 0 heterocycles. The molecule has 0 fully saturated rings. The van der Waals surface area contributed by atoms with Gasteiger partial charge in [-0.1, -0.05) is 29.3 Å².